The Morgan fingerprint density at radius 3 is 0.250 bits per heavy atom. The Labute approximate surface area is 260 Å². The van der Waals surface area contributed by atoms with E-state index >= 15 is 0 Å². The van der Waals surface area contributed by atoms with E-state index in [4.69, 9.17) is 0 Å². The molecule has 9 radical (unpaired) electrons. The first-order chi connectivity index (χ1) is 0. The van der Waals surface area contributed by atoms with E-state index in [1.807, 2.05) is 0 Å². The van der Waals surface area contributed by atoms with Gasteiger partial charge in [0.15, 0.2) is 0 Å². The molecule has 0 aliphatic rings. The number of hydrogen-bond acceptors (Lipinski definition) is 0. The summed E-state index contributed by atoms with van der Waals surface area (Å²) in [5.74, 6) is 0. The van der Waals surface area contributed by atoms with Crippen molar-refractivity contribution in [3.05, 3.63) is 0 Å². The van der Waals surface area contributed by atoms with Crippen LogP contribution in [0, 0.1) is 191 Å². The zero-order valence-corrected chi connectivity index (χ0v) is 23.5. The predicted molar refractivity (Wildman–Crippen MR) is 17.3 cm³/mol. The minimum Gasteiger partial charge on any atom is 0 e. The zero-order chi connectivity index (χ0) is 0. The van der Waals surface area contributed by atoms with Gasteiger partial charge in [0.05, 0.1) is 0 Å². The molecule has 0 bridgehead atoms. The smallest absolute Gasteiger partial charge is 0 e. The summed E-state index contributed by atoms with van der Waals surface area (Å²) in [6.07, 6.45) is 0. The Hall–Kier alpha value is 9.01. The maximum Gasteiger partial charge on any atom is 0 e. The molecule has 0 rings (SSSR count). The van der Waals surface area contributed by atoms with Gasteiger partial charge in [-0.15, -0.1) is 0 Å². The molecule has 0 aliphatic heterocycles. The van der Waals surface area contributed by atoms with E-state index < -0.39 is 0 Å². The zero-order valence-electron chi connectivity index (χ0n) is 2.92. The van der Waals surface area contributed by atoms with Crippen LogP contribution in [0.3, 0.4) is 0 Å². The molecule has 0 amide bonds. The van der Waals surface area contributed by atoms with Crippen molar-refractivity contribution in [1.29, 1.82) is 0 Å². The summed E-state index contributed by atoms with van der Waals surface area (Å²) in [5.41, 5.74) is 0. The molecule has 0 spiro atoms. The van der Waals surface area contributed by atoms with E-state index in [1.165, 1.54) is 0 Å². The topological polar surface area (TPSA) is 0 Å². The van der Waals surface area contributed by atoms with Crippen molar-refractivity contribution in [1.82, 2.24) is 0 Å². The SMILES string of the molecule is [Bi].[Bi].[Bi].[Dy].[Dy].[Dy].[Dy].[Dy]. The average molecular weight is 1440 g/mol. The average Bonchev–Trinajstić information content (AvgIpc) is 0. The summed E-state index contributed by atoms with van der Waals surface area (Å²) >= 11 is 0. The summed E-state index contributed by atoms with van der Waals surface area (Å²) < 4.78 is 0. The third-order valence-electron chi connectivity index (χ3n) is 0. The molecule has 0 fully saturated rings. The maximum atomic E-state index is 0. The minimum atomic E-state index is 0. The van der Waals surface area contributed by atoms with Gasteiger partial charge in [0.1, 0.15) is 0 Å². The van der Waals surface area contributed by atoms with Crippen molar-refractivity contribution < 1.29 is 191 Å². The van der Waals surface area contributed by atoms with Gasteiger partial charge in [0.2, 0.25) is 0 Å². The monoisotopic (exact) mass is 1450 g/mol. The normalized spacial score (nSPS) is 0. The van der Waals surface area contributed by atoms with Crippen LogP contribution in [0.2, 0.25) is 0 Å². The molecule has 8 heavy (non-hydrogen) atoms. The standard InChI is InChI=1S/3Bi.5Dy. The molecular formula is Bi3Dy5. The fraction of sp³-hybridized carbons (Fsp3) is 0. The van der Waals surface area contributed by atoms with Gasteiger partial charge in [-0.3, -0.25) is 0 Å². The molecule has 0 aromatic heterocycles. The molecule has 0 saturated carbocycles. The Morgan fingerprint density at radius 2 is 0.250 bits per heavy atom. The molecule has 0 nitrogen and oxygen atoms in total. The van der Waals surface area contributed by atoms with Crippen LogP contribution in [0.15, 0.2) is 0 Å². The second-order valence-electron chi connectivity index (χ2n) is 0. The van der Waals surface area contributed by atoms with Crippen molar-refractivity contribution >= 4 is 78.6 Å². The Kier molecular flexibility index (Phi) is 298. The van der Waals surface area contributed by atoms with Gasteiger partial charge < -0.3 is 0 Å². The molecule has 65 valence electrons. The fourth-order valence-electron chi connectivity index (χ4n) is 0. The first kappa shape index (κ1) is 53.7. The summed E-state index contributed by atoms with van der Waals surface area (Å²) in [4.78, 5) is 0. The molecule has 0 saturated heterocycles. The summed E-state index contributed by atoms with van der Waals surface area (Å²) in [6.45, 7) is 0. The first-order valence-electron chi connectivity index (χ1n) is 0. The van der Waals surface area contributed by atoms with E-state index in [0.717, 1.165) is 0 Å². The predicted octanol–water partition coefficient (Wildman–Crippen LogP) is -1.14. The van der Waals surface area contributed by atoms with Crippen molar-refractivity contribution in [2.24, 2.45) is 0 Å². The van der Waals surface area contributed by atoms with Crippen LogP contribution in [0.1, 0.15) is 0 Å². The first-order valence-corrected chi connectivity index (χ1v) is 0. The van der Waals surface area contributed by atoms with Crippen LogP contribution in [0.25, 0.3) is 0 Å². The van der Waals surface area contributed by atoms with E-state index in [0.29, 0.717) is 0 Å². The van der Waals surface area contributed by atoms with Gasteiger partial charge in [0, 0.05) is 269 Å². The minimum absolute atomic E-state index is 0. The maximum absolute atomic E-state index is 0. The summed E-state index contributed by atoms with van der Waals surface area (Å²) in [5, 5.41) is 0. The largest absolute Gasteiger partial charge is 0 e. The van der Waals surface area contributed by atoms with Gasteiger partial charge >= 0.3 is 0 Å². The van der Waals surface area contributed by atoms with Crippen LogP contribution >= 0.6 is 0 Å². The van der Waals surface area contributed by atoms with Crippen LogP contribution in [0.4, 0.5) is 0 Å². The molecule has 0 aromatic carbocycles. The Balaban J connectivity index is 0. The molecule has 0 aromatic rings. The fourth-order valence-corrected chi connectivity index (χ4v) is 0. The summed E-state index contributed by atoms with van der Waals surface area (Å²) in [7, 11) is 0. The molecule has 0 atom stereocenters. The third-order valence-corrected chi connectivity index (χ3v) is 0. The van der Waals surface area contributed by atoms with Gasteiger partial charge in [-0.1, -0.05) is 0 Å². The second kappa shape index (κ2) is 44.4. The van der Waals surface area contributed by atoms with E-state index in [1.54, 1.807) is 0 Å². The quantitative estimate of drug-likeness (QED) is 0.270. The van der Waals surface area contributed by atoms with Crippen molar-refractivity contribution in [3.63, 3.8) is 0 Å². The van der Waals surface area contributed by atoms with E-state index in [9.17, 15) is 0 Å². The molecule has 0 heterocycles. The van der Waals surface area contributed by atoms with Gasteiger partial charge in [-0.25, -0.2) is 0 Å². The third kappa shape index (κ3) is 36.3. The molecular weight excluding hydrogens is 1440 g/mol. The molecule has 8 heteroatoms. The van der Waals surface area contributed by atoms with E-state index in [-0.39, 0.29) is 269 Å². The van der Waals surface area contributed by atoms with Crippen molar-refractivity contribution in [3.8, 4) is 0 Å². The van der Waals surface area contributed by atoms with Crippen LogP contribution in [0.5, 0.6) is 0 Å². The van der Waals surface area contributed by atoms with Crippen LogP contribution < -0.4 is 0 Å². The molecule has 0 N–H and O–H groups in total. The van der Waals surface area contributed by atoms with Gasteiger partial charge in [-0.2, -0.15) is 0 Å². The van der Waals surface area contributed by atoms with Crippen molar-refractivity contribution in [2.75, 3.05) is 0 Å². The second-order valence-corrected chi connectivity index (χ2v) is 0. The molecule has 0 unspecified atom stereocenters. The summed E-state index contributed by atoms with van der Waals surface area (Å²) in [6, 6.07) is 0. The van der Waals surface area contributed by atoms with Crippen LogP contribution in [-0.4, -0.2) is 78.6 Å². The number of hydrogen-bond donors (Lipinski definition) is 0. The Bertz CT molecular complexity index is 7.64. The Morgan fingerprint density at radius 1 is 0.250 bits per heavy atom. The van der Waals surface area contributed by atoms with Crippen molar-refractivity contribution in [2.45, 2.75) is 0 Å². The van der Waals surface area contributed by atoms with E-state index in [2.05, 4.69) is 0 Å². The van der Waals surface area contributed by atoms with Gasteiger partial charge in [-0.05, 0) is 0 Å². The number of rotatable bonds is 0. The molecule has 0 aliphatic carbocycles. The van der Waals surface area contributed by atoms with Gasteiger partial charge in [0.25, 0.3) is 0 Å². The van der Waals surface area contributed by atoms with Crippen LogP contribution in [-0.2, 0) is 0 Å².